The van der Waals surface area contributed by atoms with E-state index in [9.17, 15) is 4.79 Å². The smallest absolute Gasteiger partial charge is 0.240 e. The van der Waals surface area contributed by atoms with E-state index in [-0.39, 0.29) is 11.8 Å². The number of carbonyl (C=O) groups is 1. The van der Waals surface area contributed by atoms with E-state index in [0.29, 0.717) is 6.42 Å². The van der Waals surface area contributed by atoms with Crippen LogP contribution in [0.15, 0.2) is 29.6 Å². The van der Waals surface area contributed by atoms with E-state index >= 15 is 0 Å². The van der Waals surface area contributed by atoms with Crippen LogP contribution in [0.4, 0.5) is 5.82 Å². The quantitative estimate of drug-likeness (QED) is 0.869. The summed E-state index contributed by atoms with van der Waals surface area (Å²) in [6, 6.07) is 6.02. The number of aromatic nitrogens is 2. The molecule has 0 spiro atoms. The van der Waals surface area contributed by atoms with Gasteiger partial charge in [-0.05, 0) is 26.2 Å². The molecule has 24 heavy (non-hydrogen) atoms. The first-order valence-corrected chi connectivity index (χ1v) is 8.05. The molecule has 0 fully saturated rings. The molecule has 1 atom stereocenters. The lowest BCUT2D eigenvalue weighted by molar-refractivity contribution is -0.121. The minimum Gasteiger partial charge on any atom is -0.368 e. The Balaban J connectivity index is 1.88. The van der Waals surface area contributed by atoms with E-state index < -0.39 is 0 Å². The number of carbonyl (C=O) groups excluding carboxylic acids is 1. The van der Waals surface area contributed by atoms with Gasteiger partial charge >= 0.3 is 0 Å². The van der Waals surface area contributed by atoms with Crippen molar-refractivity contribution >= 4 is 28.3 Å². The van der Waals surface area contributed by atoms with Crippen molar-refractivity contribution in [3.63, 3.8) is 0 Å². The molecule has 1 aliphatic rings. The summed E-state index contributed by atoms with van der Waals surface area (Å²) in [5.74, 6) is 0.887. The van der Waals surface area contributed by atoms with Gasteiger partial charge in [0.1, 0.15) is 12.1 Å². The van der Waals surface area contributed by atoms with Gasteiger partial charge in [0, 0.05) is 36.4 Å². The van der Waals surface area contributed by atoms with Crippen LogP contribution < -0.4 is 10.7 Å². The van der Waals surface area contributed by atoms with E-state index in [1.54, 1.807) is 6.33 Å². The van der Waals surface area contributed by atoms with Gasteiger partial charge in [-0.3, -0.25) is 4.79 Å². The molecule has 2 aromatic rings. The number of anilines is 1. The van der Waals surface area contributed by atoms with Crippen LogP contribution in [-0.2, 0) is 4.79 Å². The molecular weight excluding hydrogens is 304 g/mol. The van der Waals surface area contributed by atoms with Gasteiger partial charge in [-0.2, -0.15) is 5.10 Å². The molecule has 1 aliphatic heterocycles. The van der Waals surface area contributed by atoms with Crippen molar-refractivity contribution in [3.8, 4) is 0 Å². The number of benzene rings is 1. The van der Waals surface area contributed by atoms with Crippen LogP contribution in [0.2, 0.25) is 0 Å². The van der Waals surface area contributed by atoms with E-state index in [0.717, 1.165) is 41.1 Å². The number of fused-ring (bicyclic) bond motifs is 1. The minimum atomic E-state index is -0.0401. The van der Waals surface area contributed by atoms with Crippen LogP contribution >= 0.6 is 0 Å². The Morgan fingerprint density at radius 3 is 2.92 bits per heavy atom. The maximum absolute atomic E-state index is 11.4. The third-order valence-electron chi connectivity index (χ3n) is 4.04. The minimum absolute atomic E-state index is 0.0401. The van der Waals surface area contributed by atoms with Gasteiger partial charge in [-0.1, -0.05) is 13.0 Å². The molecule has 2 N–H and O–H groups in total. The molecule has 126 valence electrons. The Morgan fingerprint density at radius 2 is 2.17 bits per heavy atom. The number of amides is 1. The average Bonchev–Trinajstić information content (AvgIpc) is 2.54. The Morgan fingerprint density at radius 1 is 1.33 bits per heavy atom. The number of likely N-dealkylation sites (N-methyl/N-ethyl adjacent to an activating group) is 1. The molecule has 2 heterocycles. The zero-order valence-corrected chi connectivity index (χ0v) is 14.2. The maximum atomic E-state index is 11.4. The monoisotopic (exact) mass is 326 g/mol. The fourth-order valence-electron chi connectivity index (χ4n) is 2.76. The summed E-state index contributed by atoms with van der Waals surface area (Å²) in [6.07, 6.45) is 2.02. The standard InChI is InChI=1S/C17H22N6O/c1-11-8-15(24)21-22-16(11)12-4-5-13-14(9-12)19-10-20-17(13)18-6-7-23(2)3/h4-5,9-11H,6-8H2,1-3H3,(H,21,24)(H,18,19,20). The number of hydrazone groups is 1. The van der Waals surface area contributed by atoms with E-state index in [2.05, 4.69) is 30.7 Å². The van der Waals surface area contributed by atoms with E-state index in [1.807, 2.05) is 39.2 Å². The van der Waals surface area contributed by atoms with Crippen LogP contribution in [0.5, 0.6) is 0 Å². The first-order chi connectivity index (χ1) is 11.5. The lowest BCUT2D eigenvalue weighted by Crippen LogP contribution is -2.31. The van der Waals surface area contributed by atoms with Crippen molar-refractivity contribution in [2.45, 2.75) is 13.3 Å². The van der Waals surface area contributed by atoms with Gasteiger partial charge in [-0.25, -0.2) is 15.4 Å². The van der Waals surface area contributed by atoms with Gasteiger partial charge in [0.05, 0.1) is 11.2 Å². The number of hydrogen-bond donors (Lipinski definition) is 2. The number of nitrogens with one attached hydrogen (secondary N) is 2. The highest BCUT2D eigenvalue weighted by Crippen LogP contribution is 2.23. The van der Waals surface area contributed by atoms with Crippen molar-refractivity contribution in [2.24, 2.45) is 11.0 Å². The summed E-state index contributed by atoms with van der Waals surface area (Å²) >= 11 is 0. The number of hydrogen-bond acceptors (Lipinski definition) is 6. The molecule has 1 amide bonds. The SMILES string of the molecule is CC1CC(=O)NN=C1c1ccc2c(NCCN(C)C)ncnc2c1. The molecule has 0 bridgehead atoms. The highest BCUT2D eigenvalue weighted by atomic mass is 16.2. The predicted octanol–water partition coefficient (Wildman–Crippen LogP) is 1.46. The van der Waals surface area contributed by atoms with Gasteiger partial charge in [0.2, 0.25) is 5.91 Å². The van der Waals surface area contributed by atoms with Crippen LogP contribution in [-0.4, -0.2) is 53.7 Å². The second kappa shape index (κ2) is 6.92. The Hall–Kier alpha value is -2.54. The van der Waals surface area contributed by atoms with Gasteiger partial charge in [0.25, 0.3) is 0 Å². The van der Waals surface area contributed by atoms with Crippen molar-refractivity contribution in [3.05, 3.63) is 30.1 Å². The molecule has 7 heteroatoms. The van der Waals surface area contributed by atoms with Crippen LogP contribution in [0.25, 0.3) is 10.9 Å². The molecule has 0 saturated carbocycles. The molecule has 0 radical (unpaired) electrons. The van der Waals surface area contributed by atoms with Crippen molar-refractivity contribution < 1.29 is 4.79 Å². The molecular formula is C17H22N6O. The lowest BCUT2D eigenvalue weighted by Gasteiger charge is -2.19. The van der Waals surface area contributed by atoms with Gasteiger partial charge in [0.15, 0.2) is 0 Å². The van der Waals surface area contributed by atoms with Crippen LogP contribution in [0, 0.1) is 5.92 Å². The largest absolute Gasteiger partial charge is 0.368 e. The zero-order valence-electron chi connectivity index (χ0n) is 14.2. The molecule has 1 aromatic carbocycles. The van der Waals surface area contributed by atoms with Crippen molar-refractivity contribution in [2.75, 3.05) is 32.5 Å². The van der Waals surface area contributed by atoms with Gasteiger partial charge < -0.3 is 10.2 Å². The topological polar surface area (TPSA) is 82.5 Å². The third-order valence-corrected chi connectivity index (χ3v) is 4.04. The average molecular weight is 326 g/mol. The summed E-state index contributed by atoms with van der Waals surface area (Å²) in [4.78, 5) is 22.2. The summed E-state index contributed by atoms with van der Waals surface area (Å²) in [5, 5.41) is 8.54. The van der Waals surface area contributed by atoms with E-state index in [1.165, 1.54) is 0 Å². The Bertz CT molecular complexity index is 786. The number of rotatable bonds is 5. The molecule has 1 unspecified atom stereocenters. The molecule has 0 saturated heterocycles. The molecule has 3 rings (SSSR count). The summed E-state index contributed by atoms with van der Waals surface area (Å²) < 4.78 is 0. The summed E-state index contributed by atoms with van der Waals surface area (Å²) in [5.41, 5.74) is 5.29. The zero-order chi connectivity index (χ0) is 17.1. The molecule has 1 aromatic heterocycles. The van der Waals surface area contributed by atoms with Crippen molar-refractivity contribution in [1.82, 2.24) is 20.3 Å². The second-order valence-electron chi connectivity index (χ2n) is 6.32. The normalized spacial score (nSPS) is 17.8. The fourth-order valence-corrected chi connectivity index (χ4v) is 2.76. The highest BCUT2D eigenvalue weighted by Gasteiger charge is 2.22. The lowest BCUT2D eigenvalue weighted by atomic mass is 9.93. The highest BCUT2D eigenvalue weighted by molar-refractivity contribution is 6.07. The first kappa shape index (κ1) is 16.3. The van der Waals surface area contributed by atoms with Crippen molar-refractivity contribution in [1.29, 1.82) is 0 Å². The van der Waals surface area contributed by atoms with E-state index in [4.69, 9.17) is 0 Å². The Labute approximate surface area is 141 Å². The molecule has 0 aliphatic carbocycles. The van der Waals surface area contributed by atoms with Crippen LogP contribution in [0.1, 0.15) is 18.9 Å². The number of nitrogens with zero attached hydrogens (tertiary/aromatic N) is 4. The van der Waals surface area contributed by atoms with Crippen LogP contribution in [0.3, 0.4) is 0 Å². The maximum Gasteiger partial charge on any atom is 0.240 e. The summed E-state index contributed by atoms with van der Waals surface area (Å²) in [7, 11) is 4.08. The first-order valence-electron chi connectivity index (χ1n) is 8.05. The molecule has 7 nitrogen and oxygen atoms in total. The second-order valence-corrected chi connectivity index (χ2v) is 6.32. The fraction of sp³-hybridized carbons (Fsp3) is 0.412. The predicted molar refractivity (Wildman–Crippen MR) is 95.0 cm³/mol. The Kier molecular flexibility index (Phi) is 4.71. The van der Waals surface area contributed by atoms with Gasteiger partial charge in [-0.15, -0.1) is 0 Å². The third kappa shape index (κ3) is 3.51. The summed E-state index contributed by atoms with van der Waals surface area (Å²) in [6.45, 7) is 3.75.